The number of benzene rings is 1. The van der Waals surface area contributed by atoms with Gasteiger partial charge in [-0.15, -0.1) is 10.2 Å². The van der Waals surface area contributed by atoms with Crippen molar-refractivity contribution >= 4 is 33.3 Å². The van der Waals surface area contributed by atoms with Crippen molar-refractivity contribution in [3.8, 4) is 5.75 Å². The minimum absolute atomic E-state index is 0.0851. The van der Waals surface area contributed by atoms with E-state index in [-0.39, 0.29) is 22.0 Å². The van der Waals surface area contributed by atoms with E-state index in [1.54, 1.807) is 12.1 Å². The second-order valence-corrected chi connectivity index (χ2v) is 10.7. The molecular formula is C25H28ClN5O5S. The van der Waals surface area contributed by atoms with Crippen molar-refractivity contribution in [3.05, 3.63) is 69.9 Å². The van der Waals surface area contributed by atoms with Gasteiger partial charge in [0.05, 0.1) is 0 Å². The van der Waals surface area contributed by atoms with E-state index in [2.05, 4.69) is 21.4 Å². The molecule has 0 bridgehead atoms. The van der Waals surface area contributed by atoms with Crippen molar-refractivity contribution in [2.24, 2.45) is 0 Å². The van der Waals surface area contributed by atoms with E-state index < -0.39 is 15.9 Å². The number of halogens is 1. The van der Waals surface area contributed by atoms with Crippen LogP contribution in [0.2, 0.25) is 5.02 Å². The highest BCUT2D eigenvalue weighted by atomic mass is 35.5. The summed E-state index contributed by atoms with van der Waals surface area (Å²) in [7, 11) is -4.18. The average Bonchev–Trinajstić information content (AvgIpc) is 3.23. The molecule has 1 amide bonds. The molecule has 0 spiro atoms. The van der Waals surface area contributed by atoms with Crippen LogP contribution >= 0.6 is 11.6 Å². The molecule has 0 radical (unpaired) electrons. The summed E-state index contributed by atoms with van der Waals surface area (Å²) in [6, 6.07) is 8.55. The van der Waals surface area contributed by atoms with Gasteiger partial charge < -0.3 is 14.2 Å². The molecule has 1 aliphatic carbocycles. The molecule has 0 atom stereocenters. The topological polar surface area (TPSA) is 128 Å². The van der Waals surface area contributed by atoms with Crippen molar-refractivity contribution in [1.29, 1.82) is 0 Å². The fourth-order valence-electron chi connectivity index (χ4n) is 4.07. The molecule has 12 heteroatoms. The van der Waals surface area contributed by atoms with Gasteiger partial charge in [-0.05, 0) is 76.4 Å². The van der Waals surface area contributed by atoms with Gasteiger partial charge in [-0.2, -0.15) is 0 Å². The van der Waals surface area contributed by atoms with Crippen LogP contribution in [0.4, 0.5) is 5.82 Å². The minimum atomic E-state index is -4.18. The first-order valence-electron chi connectivity index (χ1n) is 11.9. The van der Waals surface area contributed by atoms with Gasteiger partial charge in [0.25, 0.3) is 15.9 Å². The van der Waals surface area contributed by atoms with E-state index >= 15 is 0 Å². The minimum Gasteiger partial charge on any atom is -0.462 e. The van der Waals surface area contributed by atoms with Crippen LogP contribution in [0.3, 0.4) is 0 Å². The number of ether oxygens (including phenoxy) is 1. The van der Waals surface area contributed by atoms with Crippen LogP contribution in [0.15, 0.2) is 51.6 Å². The van der Waals surface area contributed by atoms with Crippen LogP contribution in [-0.4, -0.2) is 36.2 Å². The van der Waals surface area contributed by atoms with Gasteiger partial charge in [-0.3, -0.25) is 4.79 Å². The fraction of sp³-hybridized carbons (Fsp3) is 0.360. The number of aryl methyl sites for hydroxylation is 2. The van der Waals surface area contributed by atoms with Crippen molar-refractivity contribution in [2.45, 2.75) is 57.9 Å². The molecule has 2 aromatic heterocycles. The molecule has 1 N–H and O–H groups in total. The third-order valence-electron chi connectivity index (χ3n) is 5.93. The van der Waals surface area contributed by atoms with E-state index in [1.807, 2.05) is 28.7 Å². The molecule has 37 heavy (non-hydrogen) atoms. The van der Waals surface area contributed by atoms with Gasteiger partial charge in [0.15, 0.2) is 22.2 Å². The highest BCUT2D eigenvalue weighted by Crippen LogP contribution is 2.29. The summed E-state index contributed by atoms with van der Waals surface area (Å²) in [5, 5.41) is 12.3. The highest BCUT2D eigenvalue weighted by molar-refractivity contribution is 7.90. The van der Waals surface area contributed by atoms with E-state index in [4.69, 9.17) is 20.9 Å². The zero-order valence-electron chi connectivity index (χ0n) is 20.8. The SMILES string of the molecule is CCN(Cc1cc(Cl)ccc1OC1=CCCCC1)c1ccc(C(=O)NS(=O)(=O)c2c(C)noc2C)nn1. The second kappa shape index (κ2) is 11.3. The van der Waals surface area contributed by atoms with Crippen LogP contribution in [0.1, 0.15) is 60.1 Å². The van der Waals surface area contributed by atoms with Gasteiger partial charge in [0.2, 0.25) is 0 Å². The van der Waals surface area contributed by atoms with E-state index in [9.17, 15) is 13.2 Å². The van der Waals surface area contributed by atoms with E-state index in [0.29, 0.717) is 23.9 Å². The van der Waals surface area contributed by atoms with Crippen LogP contribution in [-0.2, 0) is 16.6 Å². The number of allylic oxidation sites excluding steroid dienone is 2. The number of carbonyl (C=O) groups excluding carboxylic acids is 1. The number of nitrogens with zero attached hydrogens (tertiary/aromatic N) is 4. The maximum Gasteiger partial charge on any atom is 0.285 e. The Morgan fingerprint density at radius 2 is 2.00 bits per heavy atom. The summed E-state index contributed by atoms with van der Waals surface area (Å²) in [6.07, 6.45) is 6.31. The van der Waals surface area contributed by atoms with E-state index in [1.165, 1.54) is 26.3 Å². The lowest BCUT2D eigenvalue weighted by Gasteiger charge is -2.24. The summed E-state index contributed by atoms with van der Waals surface area (Å²) < 4.78 is 38.3. The summed E-state index contributed by atoms with van der Waals surface area (Å²) in [5.41, 5.74) is 0.892. The predicted molar refractivity (Wildman–Crippen MR) is 138 cm³/mol. The maximum absolute atomic E-state index is 12.6. The standard InChI is InChI=1S/C25H28ClN5O5S/c1-4-31(15-18-14-19(26)10-12-22(18)35-20-8-6-5-7-9-20)23-13-11-21(27-28-23)25(32)30-37(33,34)24-16(2)29-36-17(24)3/h8,10-14H,4-7,9,15H2,1-3H3,(H,30,32). The Kier molecular flexibility index (Phi) is 8.13. The van der Waals surface area contributed by atoms with Gasteiger partial charge in [0, 0.05) is 30.1 Å². The van der Waals surface area contributed by atoms with Crippen LogP contribution < -0.4 is 14.4 Å². The Morgan fingerprint density at radius 1 is 1.19 bits per heavy atom. The molecule has 0 fully saturated rings. The number of hydrogen-bond acceptors (Lipinski definition) is 9. The number of carbonyl (C=O) groups is 1. The lowest BCUT2D eigenvalue weighted by molar-refractivity contribution is 0.0975. The number of anilines is 1. The Labute approximate surface area is 220 Å². The third kappa shape index (κ3) is 6.28. The lowest BCUT2D eigenvalue weighted by atomic mass is 10.1. The first-order chi connectivity index (χ1) is 17.7. The Balaban J connectivity index is 1.49. The van der Waals surface area contributed by atoms with Crippen LogP contribution in [0.25, 0.3) is 0 Å². The molecule has 0 saturated heterocycles. The third-order valence-corrected chi connectivity index (χ3v) is 7.74. The van der Waals surface area contributed by atoms with Gasteiger partial charge >= 0.3 is 0 Å². The van der Waals surface area contributed by atoms with Gasteiger partial charge in [0.1, 0.15) is 17.2 Å². The molecule has 0 saturated carbocycles. The molecule has 1 aliphatic rings. The number of sulfonamides is 1. The largest absolute Gasteiger partial charge is 0.462 e. The first kappa shape index (κ1) is 26.6. The molecule has 10 nitrogen and oxygen atoms in total. The second-order valence-electron chi connectivity index (χ2n) is 8.65. The summed E-state index contributed by atoms with van der Waals surface area (Å²) in [6.45, 7) is 5.93. The Bertz CT molecular complexity index is 1400. The zero-order valence-corrected chi connectivity index (χ0v) is 22.4. The molecule has 4 rings (SSSR count). The monoisotopic (exact) mass is 545 g/mol. The van der Waals surface area contributed by atoms with Gasteiger partial charge in [-0.25, -0.2) is 13.1 Å². The van der Waals surface area contributed by atoms with Gasteiger partial charge in [-0.1, -0.05) is 16.8 Å². The zero-order chi connectivity index (χ0) is 26.6. The number of aromatic nitrogens is 3. The van der Waals surface area contributed by atoms with Crippen LogP contribution in [0.5, 0.6) is 5.75 Å². The summed E-state index contributed by atoms with van der Waals surface area (Å²) >= 11 is 6.28. The number of rotatable bonds is 9. The average molecular weight is 546 g/mol. The number of amides is 1. The fourth-order valence-corrected chi connectivity index (χ4v) is 5.56. The summed E-state index contributed by atoms with van der Waals surface area (Å²) in [4.78, 5) is 14.4. The van der Waals surface area contributed by atoms with E-state index in [0.717, 1.165) is 36.3 Å². The lowest BCUT2D eigenvalue weighted by Crippen LogP contribution is -2.32. The summed E-state index contributed by atoms with van der Waals surface area (Å²) in [5.74, 6) is 1.37. The quantitative estimate of drug-likeness (QED) is 0.406. The van der Waals surface area contributed by atoms with Crippen molar-refractivity contribution in [2.75, 3.05) is 11.4 Å². The smallest absolute Gasteiger partial charge is 0.285 e. The Hall–Kier alpha value is -3.44. The molecule has 0 aliphatic heterocycles. The first-order valence-corrected chi connectivity index (χ1v) is 13.8. The van der Waals surface area contributed by atoms with Crippen molar-refractivity contribution in [1.82, 2.24) is 20.1 Å². The normalized spacial score (nSPS) is 13.7. The van der Waals surface area contributed by atoms with Crippen LogP contribution in [0, 0.1) is 13.8 Å². The highest BCUT2D eigenvalue weighted by Gasteiger charge is 2.27. The number of nitrogens with one attached hydrogen (secondary N) is 1. The van der Waals surface area contributed by atoms with Crippen molar-refractivity contribution < 1.29 is 22.5 Å². The molecule has 0 unspecified atom stereocenters. The maximum atomic E-state index is 12.6. The molecule has 196 valence electrons. The molecule has 2 heterocycles. The molecule has 3 aromatic rings. The predicted octanol–water partition coefficient (Wildman–Crippen LogP) is 4.72. The Morgan fingerprint density at radius 3 is 2.62 bits per heavy atom. The number of hydrogen-bond donors (Lipinski definition) is 1. The molecular weight excluding hydrogens is 518 g/mol. The molecule has 1 aromatic carbocycles. The van der Waals surface area contributed by atoms with Crippen molar-refractivity contribution in [3.63, 3.8) is 0 Å².